The molecule has 0 saturated heterocycles. The van der Waals surface area contributed by atoms with E-state index in [2.05, 4.69) is 30.2 Å². The predicted molar refractivity (Wildman–Crippen MR) is 89.0 cm³/mol. The fourth-order valence-corrected chi connectivity index (χ4v) is 2.65. The highest BCUT2D eigenvalue weighted by molar-refractivity contribution is 7.18. The highest BCUT2D eigenvalue weighted by atomic mass is 32.1. The van der Waals surface area contributed by atoms with E-state index in [1.807, 2.05) is 0 Å². The van der Waals surface area contributed by atoms with Crippen molar-refractivity contribution in [2.45, 2.75) is 20.0 Å². The quantitative estimate of drug-likeness (QED) is 0.706. The van der Waals surface area contributed by atoms with Gasteiger partial charge in [0.2, 0.25) is 5.95 Å². The van der Waals surface area contributed by atoms with Crippen LogP contribution in [0.5, 0.6) is 0 Å². The van der Waals surface area contributed by atoms with Gasteiger partial charge in [0.1, 0.15) is 10.6 Å². The molecule has 3 aromatic heterocycles. The molecule has 0 unspecified atom stereocenters. The van der Waals surface area contributed by atoms with E-state index in [1.54, 1.807) is 50.8 Å². The summed E-state index contributed by atoms with van der Waals surface area (Å²) in [7, 11) is 0. The molecule has 24 heavy (non-hydrogen) atoms. The van der Waals surface area contributed by atoms with Crippen LogP contribution < -0.4 is 5.32 Å². The lowest BCUT2D eigenvalue weighted by atomic mass is 10.3. The molecule has 0 bridgehead atoms. The summed E-state index contributed by atoms with van der Waals surface area (Å²) in [6.45, 7) is 3.57. The summed E-state index contributed by atoms with van der Waals surface area (Å²) in [4.78, 5) is 33.5. The van der Waals surface area contributed by atoms with E-state index in [9.17, 15) is 4.79 Å². The largest absolute Gasteiger partial charge is 0.459 e. The standard InChI is InChI=1S/C15H14N6O2S/c1-9(2)23-13(22)11-10(12-16-5-3-6-17-12)20-15(24-11)21-14-18-7-4-8-19-14/h3-9H,1-2H3,(H,18,19,20,21). The Hall–Kier alpha value is -2.94. The second-order valence-corrected chi connectivity index (χ2v) is 5.92. The minimum atomic E-state index is -0.466. The van der Waals surface area contributed by atoms with Crippen LogP contribution in [-0.2, 0) is 4.74 Å². The predicted octanol–water partition coefficient (Wildman–Crippen LogP) is 2.70. The van der Waals surface area contributed by atoms with E-state index >= 15 is 0 Å². The molecule has 3 aromatic rings. The molecular formula is C15H14N6O2S. The molecule has 0 aliphatic rings. The first-order valence-electron chi connectivity index (χ1n) is 7.16. The van der Waals surface area contributed by atoms with Gasteiger partial charge in [-0.15, -0.1) is 0 Å². The molecule has 0 aliphatic heterocycles. The summed E-state index contributed by atoms with van der Waals surface area (Å²) in [5, 5.41) is 3.42. The molecule has 0 saturated carbocycles. The van der Waals surface area contributed by atoms with Gasteiger partial charge < -0.3 is 10.1 Å². The van der Waals surface area contributed by atoms with Crippen molar-refractivity contribution in [2.75, 3.05) is 5.32 Å². The van der Waals surface area contributed by atoms with Crippen molar-refractivity contribution in [1.82, 2.24) is 24.9 Å². The fourth-order valence-electron chi connectivity index (χ4n) is 1.81. The van der Waals surface area contributed by atoms with Crippen molar-refractivity contribution >= 4 is 28.4 Å². The Morgan fingerprint density at radius 3 is 2.33 bits per heavy atom. The third-order valence-electron chi connectivity index (χ3n) is 2.72. The SMILES string of the molecule is CC(C)OC(=O)c1sc(Nc2ncccn2)nc1-c1ncccn1. The Morgan fingerprint density at radius 1 is 1.08 bits per heavy atom. The number of carbonyl (C=O) groups is 1. The molecule has 3 rings (SSSR count). The maximum Gasteiger partial charge on any atom is 0.351 e. The Balaban J connectivity index is 1.97. The van der Waals surface area contributed by atoms with Crippen molar-refractivity contribution in [3.63, 3.8) is 0 Å². The zero-order valence-electron chi connectivity index (χ0n) is 13.0. The number of rotatable bonds is 5. The van der Waals surface area contributed by atoms with E-state index in [1.165, 1.54) is 0 Å². The van der Waals surface area contributed by atoms with Crippen LogP contribution in [0.3, 0.4) is 0 Å². The average molecular weight is 342 g/mol. The third-order valence-corrected chi connectivity index (χ3v) is 3.67. The van der Waals surface area contributed by atoms with Crippen LogP contribution in [0.1, 0.15) is 23.5 Å². The Labute approximate surface area is 142 Å². The fraction of sp³-hybridized carbons (Fsp3) is 0.200. The van der Waals surface area contributed by atoms with Crippen LogP contribution in [-0.4, -0.2) is 37.0 Å². The zero-order chi connectivity index (χ0) is 16.9. The van der Waals surface area contributed by atoms with Gasteiger partial charge in [0.15, 0.2) is 11.0 Å². The normalized spacial score (nSPS) is 10.6. The first-order chi connectivity index (χ1) is 11.6. The number of anilines is 2. The first kappa shape index (κ1) is 15.9. The van der Waals surface area contributed by atoms with E-state index in [-0.39, 0.29) is 6.10 Å². The van der Waals surface area contributed by atoms with Gasteiger partial charge in [0, 0.05) is 24.8 Å². The monoisotopic (exact) mass is 342 g/mol. The van der Waals surface area contributed by atoms with Crippen molar-refractivity contribution in [3.8, 4) is 11.5 Å². The van der Waals surface area contributed by atoms with E-state index < -0.39 is 5.97 Å². The molecule has 0 spiro atoms. The maximum atomic E-state index is 12.3. The molecule has 0 aromatic carbocycles. The van der Waals surface area contributed by atoms with Gasteiger partial charge in [-0.2, -0.15) is 0 Å². The molecule has 0 atom stereocenters. The second kappa shape index (κ2) is 7.09. The smallest absolute Gasteiger partial charge is 0.351 e. The number of nitrogens with zero attached hydrogens (tertiary/aromatic N) is 5. The molecule has 8 nitrogen and oxygen atoms in total. The summed E-state index contributed by atoms with van der Waals surface area (Å²) < 4.78 is 5.28. The summed E-state index contributed by atoms with van der Waals surface area (Å²) in [6.07, 6.45) is 6.16. The zero-order valence-corrected chi connectivity index (χ0v) is 13.8. The number of ether oxygens (including phenoxy) is 1. The van der Waals surface area contributed by atoms with Gasteiger partial charge in [-0.3, -0.25) is 0 Å². The number of carbonyl (C=O) groups excluding carboxylic acids is 1. The highest BCUT2D eigenvalue weighted by Gasteiger charge is 2.23. The molecule has 122 valence electrons. The van der Waals surface area contributed by atoms with Gasteiger partial charge in [-0.05, 0) is 26.0 Å². The summed E-state index contributed by atoms with van der Waals surface area (Å²) in [5.74, 6) is 0.272. The van der Waals surface area contributed by atoms with E-state index in [0.717, 1.165) is 11.3 Å². The summed E-state index contributed by atoms with van der Waals surface area (Å²) in [5.41, 5.74) is 0.365. The number of esters is 1. The van der Waals surface area contributed by atoms with E-state index in [4.69, 9.17) is 4.74 Å². The minimum Gasteiger partial charge on any atom is -0.459 e. The van der Waals surface area contributed by atoms with Crippen molar-refractivity contribution < 1.29 is 9.53 Å². The van der Waals surface area contributed by atoms with Gasteiger partial charge in [-0.25, -0.2) is 29.7 Å². The first-order valence-corrected chi connectivity index (χ1v) is 7.98. The summed E-state index contributed by atoms with van der Waals surface area (Å²) >= 11 is 1.14. The van der Waals surface area contributed by atoms with Gasteiger partial charge in [0.25, 0.3) is 0 Å². The van der Waals surface area contributed by atoms with E-state index in [0.29, 0.717) is 27.5 Å². The number of hydrogen-bond acceptors (Lipinski definition) is 9. The molecule has 0 aliphatic carbocycles. The Kier molecular flexibility index (Phi) is 4.71. The average Bonchev–Trinajstić information content (AvgIpc) is 3.00. The molecule has 0 amide bonds. The lowest BCUT2D eigenvalue weighted by Gasteiger charge is -2.06. The van der Waals surface area contributed by atoms with Crippen LogP contribution in [0.2, 0.25) is 0 Å². The highest BCUT2D eigenvalue weighted by Crippen LogP contribution is 2.31. The maximum absolute atomic E-state index is 12.3. The third kappa shape index (κ3) is 3.69. The molecule has 3 heterocycles. The Bertz CT molecular complexity index is 822. The number of nitrogens with one attached hydrogen (secondary N) is 1. The second-order valence-electron chi connectivity index (χ2n) is 4.92. The van der Waals surface area contributed by atoms with Crippen molar-refractivity contribution in [1.29, 1.82) is 0 Å². The summed E-state index contributed by atoms with van der Waals surface area (Å²) in [6, 6.07) is 3.40. The molecule has 9 heteroatoms. The number of hydrogen-bond donors (Lipinski definition) is 1. The lowest BCUT2D eigenvalue weighted by molar-refractivity contribution is 0.0384. The minimum absolute atomic E-state index is 0.238. The molecule has 1 N–H and O–H groups in total. The van der Waals surface area contributed by atoms with Crippen LogP contribution >= 0.6 is 11.3 Å². The van der Waals surface area contributed by atoms with Gasteiger partial charge >= 0.3 is 5.97 Å². The van der Waals surface area contributed by atoms with Gasteiger partial charge in [0.05, 0.1) is 6.10 Å². The molecule has 0 fully saturated rings. The van der Waals surface area contributed by atoms with Crippen LogP contribution in [0.15, 0.2) is 36.9 Å². The Morgan fingerprint density at radius 2 is 1.71 bits per heavy atom. The van der Waals surface area contributed by atoms with Crippen LogP contribution in [0.4, 0.5) is 11.1 Å². The molecular weight excluding hydrogens is 328 g/mol. The van der Waals surface area contributed by atoms with Crippen molar-refractivity contribution in [2.24, 2.45) is 0 Å². The number of aromatic nitrogens is 5. The molecule has 0 radical (unpaired) electrons. The van der Waals surface area contributed by atoms with Crippen LogP contribution in [0, 0.1) is 0 Å². The topological polar surface area (TPSA) is 103 Å². The van der Waals surface area contributed by atoms with Crippen molar-refractivity contribution in [3.05, 3.63) is 41.8 Å². The lowest BCUT2D eigenvalue weighted by Crippen LogP contribution is -2.11. The van der Waals surface area contributed by atoms with Crippen LogP contribution in [0.25, 0.3) is 11.5 Å². The number of thiazole rings is 1. The van der Waals surface area contributed by atoms with Gasteiger partial charge in [-0.1, -0.05) is 11.3 Å².